The molecule has 0 fully saturated rings. The van der Waals surface area contributed by atoms with Gasteiger partial charge in [0.15, 0.2) is 5.58 Å². The fourth-order valence-electron chi connectivity index (χ4n) is 2.23. The highest BCUT2D eigenvalue weighted by Gasteiger charge is 2.15. The number of nitrogens with zero attached hydrogens (tertiary/aromatic N) is 1. The quantitative estimate of drug-likeness (QED) is 0.610. The van der Waals surface area contributed by atoms with E-state index in [0.29, 0.717) is 11.1 Å². The topological polar surface area (TPSA) is 114 Å². The molecule has 0 radical (unpaired) electrons. The van der Waals surface area contributed by atoms with Crippen molar-refractivity contribution in [2.75, 3.05) is 0 Å². The number of nitrogens with one attached hydrogen (secondary N) is 2. The van der Waals surface area contributed by atoms with E-state index in [0.717, 1.165) is 4.57 Å². The van der Waals surface area contributed by atoms with Gasteiger partial charge in [-0.15, -0.1) is 0 Å². The Labute approximate surface area is 145 Å². The van der Waals surface area contributed by atoms with E-state index in [1.54, 1.807) is 24.3 Å². The number of fused-ring (bicyclic) bond motifs is 1. The van der Waals surface area contributed by atoms with E-state index in [4.69, 9.17) is 16.0 Å². The van der Waals surface area contributed by atoms with Crippen LogP contribution < -0.4 is 16.6 Å². The van der Waals surface area contributed by atoms with Gasteiger partial charge in [0.25, 0.3) is 11.8 Å². The zero-order chi connectivity index (χ0) is 18.0. The summed E-state index contributed by atoms with van der Waals surface area (Å²) < 4.78 is 6.15. The van der Waals surface area contributed by atoms with Crippen LogP contribution in [0.2, 0.25) is 5.02 Å². The summed E-state index contributed by atoms with van der Waals surface area (Å²) in [5.74, 6) is -2.37. The smallest absolute Gasteiger partial charge is 0.420 e. The van der Waals surface area contributed by atoms with Crippen molar-refractivity contribution in [2.45, 2.75) is 6.54 Å². The van der Waals surface area contributed by atoms with Crippen LogP contribution >= 0.6 is 11.6 Å². The first-order valence-electron chi connectivity index (χ1n) is 7.12. The first kappa shape index (κ1) is 16.6. The van der Waals surface area contributed by atoms with Crippen LogP contribution in [0, 0.1) is 0 Å². The maximum atomic E-state index is 12.0. The van der Waals surface area contributed by atoms with Crippen LogP contribution in [0.3, 0.4) is 0 Å². The van der Waals surface area contributed by atoms with Crippen molar-refractivity contribution in [3.63, 3.8) is 0 Å². The molecular weight excluding hydrogens is 350 g/mol. The summed E-state index contributed by atoms with van der Waals surface area (Å²) in [6.07, 6.45) is 0. The number of phenols is 1. The number of amides is 2. The molecule has 0 atom stereocenters. The molecular formula is C16H12ClN3O5. The van der Waals surface area contributed by atoms with E-state index in [9.17, 15) is 19.5 Å². The van der Waals surface area contributed by atoms with Crippen molar-refractivity contribution < 1.29 is 19.1 Å². The maximum absolute atomic E-state index is 12.0. The molecule has 1 heterocycles. The normalized spacial score (nSPS) is 10.6. The molecule has 3 aromatic rings. The number of aromatic nitrogens is 1. The van der Waals surface area contributed by atoms with Crippen molar-refractivity contribution >= 4 is 34.5 Å². The highest BCUT2D eigenvalue weighted by molar-refractivity contribution is 6.31. The van der Waals surface area contributed by atoms with E-state index in [2.05, 4.69) is 10.9 Å². The van der Waals surface area contributed by atoms with E-state index >= 15 is 0 Å². The van der Waals surface area contributed by atoms with Gasteiger partial charge in [-0.2, -0.15) is 0 Å². The summed E-state index contributed by atoms with van der Waals surface area (Å²) >= 11 is 5.76. The lowest BCUT2D eigenvalue weighted by molar-refractivity contribution is -0.122. The van der Waals surface area contributed by atoms with Crippen LogP contribution in [0.4, 0.5) is 0 Å². The standard InChI is InChI=1S/C16H12ClN3O5/c17-9-5-6-12(21)10(7-9)15(23)19-18-14(22)8-20-11-3-1-2-4-13(11)25-16(20)24/h1-7,21H,8H2,(H,18,22)(H,19,23). The number of oxazole rings is 1. The van der Waals surface area contributed by atoms with Crippen LogP contribution in [0.15, 0.2) is 51.7 Å². The molecule has 1 aromatic heterocycles. The number of benzene rings is 2. The van der Waals surface area contributed by atoms with Gasteiger partial charge in [0.1, 0.15) is 12.3 Å². The van der Waals surface area contributed by atoms with Gasteiger partial charge in [-0.1, -0.05) is 23.7 Å². The highest BCUT2D eigenvalue weighted by Crippen LogP contribution is 2.21. The van der Waals surface area contributed by atoms with Gasteiger partial charge < -0.3 is 9.52 Å². The lowest BCUT2D eigenvalue weighted by Gasteiger charge is -2.09. The molecule has 0 saturated carbocycles. The molecule has 0 spiro atoms. The van der Waals surface area contributed by atoms with Gasteiger partial charge >= 0.3 is 5.76 Å². The Kier molecular flexibility index (Phi) is 4.44. The Morgan fingerprint density at radius 1 is 1.16 bits per heavy atom. The Bertz CT molecular complexity index is 1020. The number of hydrazine groups is 1. The summed E-state index contributed by atoms with van der Waals surface area (Å²) in [4.78, 5) is 35.7. The summed E-state index contributed by atoms with van der Waals surface area (Å²) in [6.45, 7) is -0.350. The molecule has 128 valence electrons. The number of phenolic OH excluding ortho intramolecular Hbond substituents is 1. The number of halogens is 1. The molecule has 9 heteroatoms. The fourth-order valence-corrected chi connectivity index (χ4v) is 2.40. The third-order valence-electron chi connectivity index (χ3n) is 3.39. The summed E-state index contributed by atoms with van der Waals surface area (Å²) in [7, 11) is 0. The number of para-hydroxylation sites is 2. The van der Waals surface area contributed by atoms with Gasteiger partial charge in [-0.05, 0) is 30.3 Å². The molecule has 3 N–H and O–H groups in total. The number of hydrogen-bond acceptors (Lipinski definition) is 5. The monoisotopic (exact) mass is 361 g/mol. The van der Waals surface area contributed by atoms with Gasteiger partial charge in [0, 0.05) is 5.02 Å². The predicted octanol–water partition coefficient (Wildman–Crippen LogP) is 1.41. The molecule has 2 amide bonds. The van der Waals surface area contributed by atoms with Crippen LogP contribution in [0.1, 0.15) is 10.4 Å². The Hall–Kier alpha value is -3.26. The molecule has 25 heavy (non-hydrogen) atoms. The summed E-state index contributed by atoms with van der Waals surface area (Å²) in [5.41, 5.74) is 5.02. The second-order valence-corrected chi connectivity index (χ2v) is 5.52. The van der Waals surface area contributed by atoms with Crippen molar-refractivity contribution in [1.29, 1.82) is 0 Å². The third-order valence-corrected chi connectivity index (χ3v) is 3.63. The molecule has 0 aliphatic rings. The summed E-state index contributed by atoms with van der Waals surface area (Å²) in [6, 6.07) is 10.6. The highest BCUT2D eigenvalue weighted by atomic mass is 35.5. The molecule has 0 aliphatic heterocycles. The van der Waals surface area contributed by atoms with Crippen molar-refractivity contribution in [1.82, 2.24) is 15.4 Å². The molecule has 0 aliphatic carbocycles. The van der Waals surface area contributed by atoms with Crippen LogP contribution in [-0.4, -0.2) is 21.5 Å². The third kappa shape index (κ3) is 3.48. The van der Waals surface area contributed by atoms with E-state index in [-0.39, 0.29) is 22.9 Å². The summed E-state index contributed by atoms with van der Waals surface area (Å²) in [5, 5.41) is 9.90. The largest absolute Gasteiger partial charge is 0.507 e. The lowest BCUT2D eigenvalue weighted by Crippen LogP contribution is -2.43. The van der Waals surface area contributed by atoms with Gasteiger partial charge in [-0.25, -0.2) is 4.79 Å². The Morgan fingerprint density at radius 2 is 1.92 bits per heavy atom. The minimum Gasteiger partial charge on any atom is -0.507 e. The zero-order valence-corrected chi connectivity index (χ0v) is 13.4. The van der Waals surface area contributed by atoms with E-state index in [1.807, 2.05) is 0 Å². The molecule has 2 aromatic carbocycles. The number of aromatic hydroxyl groups is 1. The maximum Gasteiger partial charge on any atom is 0.420 e. The fraction of sp³-hybridized carbons (Fsp3) is 0.0625. The minimum atomic E-state index is -0.752. The molecule has 0 saturated heterocycles. The number of rotatable bonds is 3. The average molecular weight is 362 g/mol. The molecule has 0 bridgehead atoms. The van der Waals surface area contributed by atoms with E-state index < -0.39 is 17.6 Å². The van der Waals surface area contributed by atoms with Crippen LogP contribution in [0.5, 0.6) is 5.75 Å². The Balaban J connectivity index is 1.68. The number of carbonyl (C=O) groups excluding carboxylic acids is 2. The van der Waals surface area contributed by atoms with Gasteiger partial charge in [-0.3, -0.25) is 25.0 Å². The van der Waals surface area contributed by atoms with Crippen LogP contribution in [-0.2, 0) is 11.3 Å². The zero-order valence-electron chi connectivity index (χ0n) is 12.7. The molecule has 3 rings (SSSR count). The molecule has 8 nitrogen and oxygen atoms in total. The SMILES string of the molecule is O=C(Cn1c(=O)oc2ccccc21)NNC(=O)c1cc(Cl)ccc1O. The average Bonchev–Trinajstić information content (AvgIpc) is 2.90. The van der Waals surface area contributed by atoms with Gasteiger partial charge in [0.2, 0.25) is 0 Å². The van der Waals surface area contributed by atoms with Crippen molar-refractivity contribution in [3.8, 4) is 5.75 Å². The number of hydrogen-bond donors (Lipinski definition) is 3. The van der Waals surface area contributed by atoms with E-state index in [1.165, 1.54) is 18.2 Å². The second-order valence-electron chi connectivity index (χ2n) is 5.09. The minimum absolute atomic E-state index is 0.0984. The van der Waals surface area contributed by atoms with Crippen molar-refractivity contribution in [2.24, 2.45) is 0 Å². The Morgan fingerprint density at radius 3 is 2.72 bits per heavy atom. The van der Waals surface area contributed by atoms with Gasteiger partial charge in [0.05, 0.1) is 11.1 Å². The number of carbonyl (C=O) groups is 2. The van der Waals surface area contributed by atoms with Crippen molar-refractivity contribution in [3.05, 3.63) is 63.6 Å². The first-order valence-corrected chi connectivity index (χ1v) is 7.49. The second kappa shape index (κ2) is 6.70. The van der Waals surface area contributed by atoms with Crippen LogP contribution in [0.25, 0.3) is 11.1 Å². The predicted molar refractivity (Wildman–Crippen MR) is 89.2 cm³/mol. The first-order chi connectivity index (χ1) is 12.0. The lowest BCUT2D eigenvalue weighted by atomic mass is 10.2. The molecule has 0 unspecified atom stereocenters.